The van der Waals surface area contributed by atoms with Gasteiger partial charge in [-0.3, -0.25) is 4.98 Å². The lowest BCUT2D eigenvalue weighted by Gasteiger charge is -2.01. The van der Waals surface area contributed by atoms with E-state index in [-0.39, 0.29) is 5.75 Å². The van der Waals surface area contributed by atoms with Crippen molar-refractivity contribution in [3.63, 3.8) is 0 Å². The fraction of sp³-hybridized carbons (Fsp3) is 0.188. The second-order valence-corrected chi connectivity index (χ2v) is 4.83. The van der Waals surface area contributed by atoms with Crippen LogP contribution in [0, 0.1) is 6.92 Å². The Morgan fingerprint density at radius 1 is 1.19 bits per heavy atom. The van der Waals surface area contributed by atoms with E-state index in [1.54, 1.807) is 24.5 Å². The lowest BCUT2D eigenvalue weighted by molar-refractivity contribution is 0.425. The fourth-order valence-corrected chi connectivity index (χ4v) is 2.19. The van der Waals surface area contributed by atoms with E-state index >= 15 is 0 Å². The molecule has 0 aliphatic heterocycles. The van der Waals surface area contributed by atoms with Gasteiger partial charge in [0.15, 0.2) is 0 Å². The zero-order valence-corrected chi connectivity index (χ0v) is 11.9. The van der Waals surface area contributed by atoms with Crippen LogP contribution in [0.2, 0.25) is 0 Å². The van der Waals surface area contributed by atoms with Gasteiger partial charge in [-0.05, 0) is 42.7 Å². The number of hydrogen-bond donors (Lipinski definition) is 1. The van der Waals surface area contributed by atoms with Crippen molar-refractivity contribution in [3.8, 4) is 28.6 Å². The van der Waals surface area contributed by atoms with E-state index in [4.69, 9.17) is 4.52 Å². The Bertz CT molecular complexity index is 781. The Morgan fingerprint density at radius 2 is 2.05 bits per heavy atom. The van der Waals surface area contributed by atoms with Gasteiger partial charge >= 0.3 is 0 Å². The molecule has 0 radical (unpaired) electrons. The summed E-state index contributed by atoms with van der Waals surface area (Å²) in [5.74, 6) is 0.946. The van der Waals surface area contributed by atoms with Crippen LogP contribution in [0.15, 0.2) is 41.2 Å². The molecule has 2 heterocycles. The lowest BCUT2D eigenvalue weighted by atomic mass is 10.1. The Labute approximate surface area is 122 Å². The molecule has 21 heavy (non-hydrogen) atoms. The van der Waals surface area contributed by atoms with Gasteiger partial charge in [-0.25, -0.2) is 0 Å². The van der Waals surface area contributed by atoms with Crippen molar-refractivity contribution in [3.05, 3.63) is 47.8 Å². The van der Waals surface area contributed by atoms with Crippen LogP contribution in [-0.4, -0.2) is 20.2 Å². The highest BCUT2D eigenvalue weighted by atomic mass is 16.5. The molecule has 1 N–H and O–H groups in total. The van der Waals surface area contributed by atoms with Crippen LogP contribution in [-0.2, 0) is 6.42 Å². The molecule has 0 aliphatic carbocycles. The maximum atomic E-state index is 9.99. The molecule has 0 spiro atoms. The minimum atomic E-state index is 0.135. The first-order valence-electron chi connectivity index (χ1n) is 6.76. The maximum absolute atomic E-state index is 9.99. The highest BCUT2D eigenvalue weighted by Crippen LogP contribution is 2.30. The average Bonchev–Trinajstić information content (AvgIpc) is 2.96. The van der Waals surface area contributed by atoms with E-state index in [9.17, 15) is 5.11 Å². The molecule has 0 aliphatic rings. The summed E-state index contributed by atoms with van der Waals surface area (Å²) in [4.78, 5) is 8.49. The van der Waals surface area contributed by atoms with Crippen LogP contribution < -0.4 is 0 Å². The number of phenolic OH excluding ortho intramolecular Hbond substituents is 1. The van der Waals surface area contributed by atoms with Gasteiger partial charge in [0, 0.05) is 18.0 Å². The highest BCUT2D eigenvalue weighted by molar-refractivity contribution is 5.66. The number of hydrogen-bond acceptors (Lipinski definition) is 5. The third kappa shape index (κ3) is 2.50. The molecule has 5 nitrogen and oxygen atoms in total. The second kappa shape index (κ2) is 5.36. The molecule has 0 bridgehead atoms. The summed E-state index contributed by atoms with van der Waals surface area (Å²) >= 11 is 0. The third-order valence-corrected chi connectivity index (χ3v) is 3.34. The Hall–Kier alpha value is -2.69. The molecule has 0 atom stereocenters. The first kappa shape index (κ1) is 13.3. The number of pyridine rings is 1. The van der Waals surface area contributed by atoms with Crippen LogP contribution in [0.25, 0.3) is 22.8 Å². The number of nitrogens with zero attached hydrogens (tertiary/aromatic N) is 3. The maximum Gasteiger partial charge on any atom is 0.261 e. The molecular formula is C16H15N3O2. The average molecular weight is 281 g/mol. The predicted molar refractivity (Wildman–Crippen MR) is 78.7 cm³/mol. The van der Waals surface area contributed by atoms with Crippen LogP contribution in [0.4, 0.5) is 0 Å². The van der Waals surface area contributed by atoms with Crippen molar-refractivity contribution >= 4 is 0 Å². The molecule has 0 saturated carbocycles. The van der Waals surface area contributed by atoms with Gasteiger partial charge in [0.25, 0.3) is 5.89 Å². The van der Waals surface area contributed by atoms with E-state index < -0.39 is 0 Å². The van der Waals surface area contributed by atoms with Gasteiger partial charge in [0.05, 0.1) is 5.56 Å². The summed E-state index contributed by atoms with van der Waals surface area (Å²) in [6.07, 6.45) is 4.34. The van der Waals surface area contributed by atoms with Crippen molar-refractivity contribution < 1.29 is 9.63 Å². The predicted octanol–water partition coefficient (Wildman–Crippen LogP) is 3.38. The van der Waals surface area contributed by atoms with E-state index in [1.165, 1.54) is 0 Å². The van der Waals surface area contributed by atoms with Crippen LogP contribution in [0.5, 0.6) is 5.75 Å². The summed E-state index contributed by atoms with van der Waals surface area (Å²) in [5.41, 5.74) is 3.46. The Kier molecular flexibility index (Phi) is 3.39. The van der Waals surface area contributed by atoms with Crippen molar-refractivity contribution in [2.45, 2.75) is 20.3 Å². The van der Waals surface area contributed by atoms with Gasteiger partial charge in [0.2, 0.25) is 5.82 Å². The van der Waals surface area contributed by atoms with E-state index in [0.29, 0.717) is 17.3 Å². The summed E-state index contributed by atoms with van der Waals surface area (Å²) in [6.45, 7) is 3.96. The van der Waals surface area contributed by atoms with Crippen molar-refractivity contribution in [2.75, 3.05) is 0 Å². The molecule has 0 fully saturated rings. The fourth-order valence-electron chi connectivity index (χ4n) is 2.19. The summed E-state index contributed by atoms with van der Waals surface area (Å²) in [5, 5.41) is 14.0. The summed E-state index contributed by atoms with van der Waals surface area (Å²) in [6, 6.07) is 7.20. The zero-order chi connectivity index (χ0) is 14.8. The number of aromatic hydroxyl groups is 1. The molecule has 3 rings (SSSR count). The molecular weight excluding hydrogens is 266 g/mol. The topological polar surface area (TPSA) is 72.0 Å². The first-order chi connectivity index (χ1) is 10.2. The zero-order valence-electron chi connectivity index (χ0n) is 11.9. The smallest absolute Gasteiger partial charge is 0.261 e. The van der Waals surface area contributed by atoms with Gasteiger partial charge < -0.3 is 9.63 Å². The number of rotatable bonds is 3. The van der Waals surface area contributed by atoms with Crippen molar-refractivity contribution in [2.24, 2.45) is 0 Å². The SMILES string of the molecule is CCc1cnccc1-c1noc(-c2ccc(C)cc2O)n1. The summed E-state index contributed by atoms with van der Waals surface area (Å²) in [7, 11) is 0. The molecule has 0 saturated heterocycles. The van der Waals surface area contributed by atoms with E-state index in [2.05, 4.69) is 15.1 Å². The molecule has 0 unspecified atom stereocenters. The number of benzene rings is 1. The quantitative estimate of drug-likeness (QED) is 0.796. The largest absolute Gasteiger partial charge is 0.507 e. The number of aryl methyl sites for hydroxylation is 2. The minimum Gasteiger partial charge on any atom is -0.507 e. The van der Waals surface area contributed by atoms with Crippen LogP contribution in [0.1, 0.15) is 18.1 Å². The van der Waals surface area contributed by atoms with E-state index in [1.807, 2.05) is 26.0 Å². The normalized spacial score (nSPS) is 10.8. The van der Waals surface area contributed by atoms with Crippen LogP contribution >= 0.6 is 0 Å². The lowest BCUT2D eigenvalue weighted by Crippen LogP contribution is -1.90. The van der Waals surface area contributed by atoms with Crippen molar-refractivity contribution in [1.82, 2.24) is 15.1 Å². The molecule has 1 aromatic carbocycles. The molecule has 106 valence electrons. The van der Waals surface area contributed by atoms with E-state index in [0.717, 1.165) is 23.1 Å². The van der Waals surface area contributed by atoms with Gasteiger partial charge in [-0.2, -0.15) is 4.98 Å². The third-order valence-electron chi connectivity index (χ3n) is 3.34. The minimum absolute atomic E-state index is 0.135. The van der Waals surface area contributed by atoms with Gasteiger partial charge in [0.1, 0.15) is 5.75 Å². The molecule has 5 heteroatoms. The summed E-state index contributed by atoms with van der Waals surface area (Å²) < 4.78 is 5.28. The molecule has 0 amide bonds. The molecule has 2 aromatic heterocycles. The Morgan fingerprint density at radius 3 is 2.81 bits per heavy atom. The monoisotopic (exact) mass is 281 g/mol. The Balaban J connectivity index is 2.04. The standard InChI is InChI=1S/C16H15N3O2/c1-3-11-9-17-7-6-12(11)15-18-16(21-19-15)13-5-4-10(2)8-14(13)20/h4-9,20H,3H2,1-2H3. The number of phenols is 1. The van der Waals surface area contributed by atoms with Crippen LogP contribution in [0.3, 0.4) is 0 Å². The highest BCUT2D eigenvalue weighted by Gasteiger charge is 2.15. The van der Waals surface area contributed by atoms with Crippen molar-refractivity contribution in [1.29, 1.82) is 0 Å². The first-order valence-corrected chi connectivity index (χ1v) is 6.76. The molecule has 3 aromatic rings. The number of aromatic nitrogens is 3. The second-order valence-electron chi connectivity index (χ2n) is 4.83. The van der Waals surface area contributed by atoms with Gasteiger partial charge in [-0.15, -0.1) is 0 Å². The van der Waals surface area contributed by atoms with Gasteiger partial charge in [-0.1, -0.05) is 18.1 Å².